The third-order valence-electron chi connectivity index (χ3n) is 3.56. The van der Waals surface area contributed by atoms with Crippen molar-refractivity contribution in [2.45, 2.75) is 6.61 Å². The van der Waals surface area contributed by atoms with E-state index in [2.05, 4.69) is 21.8 Å². The Bertz CT molecular complexity index is 543. The Hall–Kier alpha value is -1.59. The van der Waals surface area contributed by atoms with Gasteiger partial charge in [0.15, 0.2) is 5.82 Å². The van der Waals surface area contributed by atoms with E-state index < -0.39 is 0 Å². The molecule has 1 fully saturated rings. The number of piperazine rings is 1. The van der Waals surface area contributed by atoms with E-state index in [4.69, 9.17) is 0 Å². The van der Waals surface area contributed by atoms with Gasteiger partial charge in [0.25, 0.3) is 0 Å². The van der Waals surface area contributed by atoms with Crippen molar-refractivity contribution in [2.75, 3.05) is 38.1 Å². The van der Waals surface area contributed by atoms with Crippen molar-refractivity contribution in [3.63, 3.8) is 0 Å². The average molecular weight is 246 g/mol. The molecule has 3 heterocycles. The Morgan fingerprint density at radius 3 is 2.72 bits per heavy atom. The number of aliphatic hydroxyl groups excluding tert-OH is 1. The topological polar surface area (TPSA) is 44.0 Å². The van der Waals surface area contributed by atoms with Crippen molar-refractivity contribution in [1.82, 2.24) is 14.3 Å². The zero-order valence-corrected chi connectivity index (χ0v) is 10.6. The largest absolute Gasteiger partial charge is 0.390 e. The number of rotatable bonds is 2. The Morgan fingerprint density at radius 1 is 1.22 bits per heavy atom. The maximum atomic E-state index is 9.59. The van der Waals surface area contributed by atoms with Gasteiger partial charge in [0, 0.05) is 32.4 Å². The molecule has 1 saturated heterocycles. The predicted molar refractivity (Wildman–Crippen MR) is 70.8 cm³/mol. The molecule has 18 heavy (non-hydrogen) atoms. The lowest BCUT2D eigenvalue weighted by Gasteiger charge is -2.33. The summed E-state index contributed by atoms with van der Waals surface area (Å²) in [5.41, 5.74) is 1.78. The highest BCUT2D eigenvalue weighted by molar-refractivity contribution is 5.56. The van der Waals surface area contributed by atoms with Gasteiger partial charge in [-0.05, 0) is 19.2 Å². The van der Waals surface area contributed by atoms with Gasteiger partial charge in [0.2, 0.25) is 0 Å². The first-order valence-corrected chi connectivity index (χ1v) is 6.30. The van der Waals surface area contributed by atoms with E-state index in [-0.39, 0.29) is 6.61 Å². The van der Waals surface area contributed by atoms with E-state index in [0.29, 0.717) is 0 Å². The molecule has 0 unspecified atom stereocenters. The summed E-state index contributed by atoms with van der Waals surface area (Å²) in [5.74, 6) is 0.928. The van der Waals surface area contributed by atoms with Crippen LogP contribution in [0.1, 0.15) is 5.69 Å². The highest BCUT2D eigenvalue weighted by atomic mass is 16.3. The number of hydrogen-bond acceptors (Lipinski definition) is 4. The van der Waals surface area contributed by atoms with Gasteiger partial charge in [-0.3, -0.25) is 4.40 Å². The third-order valence-corrected chi connectivity index (χ3v) is 3.56. The molecule has 0 bridgehead atoms. The van der Waals surface area contributed by atoms with Crippen molar-refractivity contribution in [3.8, 4) is 0 Å². The van der Waals surface area contributed by atoms with E-state index in [1.807, 2.05) is 28.8 Å². The molecular formula is C13H18N4O. The average Bonchev–Trinajstić information content (AvgIpc) is 2.78. The van der Waals surface area contributed by atoms with Crippen LogP contribution in [-0.2, 0) is 6.61 Å². The van der Waals surface area contributed by atoms with Gasteiger partial charge in [-0.2, -0.15) is 0 Å². The van der Waals surface area contributed by atoms with E-state index in [9.17, 15) is 5.11 Å². The van der Waals surface area contributed by atoms with Crippen LogP contribution < -0.4 is 4.90 Å². The lowest BCUT2D eigenvalue weighted by Crippen LogP contribution is -2.45. The maximum absolute atomic E-state index is 9.59. The number of imidazole rings is 1. The molecule has 5 heteroatoms. The van der Waals surface area contributed by atoms with Crippen LogP contribution in [0.4, 0.5) is 5.82 Å². The van der Waals surface area contributed by atoms with Crippen LogP contribution in [0.25, 0.3) is 5.65 Å². The van der Waals surface area contributed by atoms with E-state index in [0.717, 1.165) is 43.3 Å². The van der Waals surface area contributed by atoms with Gasteiger partial charge in [-0.15, -0.1) is 0 Å². The Balaban J connectivity index is 2.00. The van der Waals surface area contributed by atoms with Crippen LogP contribution in [0.15, 0.2) is 24.4 Å². The highest BCUT2D eigenvalue weighted by Gasteiger charge is 2.20. The summed E-state index contributed by atoms with van der Waals surface area (Å²) in [6.45, 7) is 4.03. The van der Waals surface area contributed by atoms with Crippen LogP contribution in [0.5, 0.6) is 0 Å². The number of hydrogen-bond donors (Lipinski definition) is 1. The fourth-order valence-electron chi connectivity index (χ4n) is 2.45. The van der Waals surface area contributed by atoms with Crippen molar-refractivity contribution in [2.24, 2.45) is 0 Å². The van der Waals surface area contributed by atoms with Gasteiger partial charge in [-0.25, -0.2) is 4.98 Å². The summed E-state index contributed by atoms with van der Waals surface area (Å²) in [7, 11) is 2.13. The fourth-order valence-corrected chi connectivity index (χ4v) is 2.45. The number of pyridine rings is 1. The number of aromatic nitrogens is 2. The molecule has 3 rings (SSSR count). The molecule has 1 aliphatic rings. The standard InChI is InChI=1S/C13H18N4O/c1-15-6-8-16(9-7-15)13-11(10-18)17-5-3-2-4-12(17)14-13/h2-5,18H,6-10H2,1H3. The first-order valence-electron chi connectivity index (χ1n) is 6.30. The Kier molecular flexibility index (Phi) is 2.93. The number of nitrogens with zero attached hydrogens (tertiary/aromatic N) is 4. The highest BCUT2D eigenvalue weighted by Crippen LogP contribution is 2.22. The van der Waals surface area contributed by atoms with Crippen LogP contribution in [0.3, 0.4) is 0 Å². The molecule has 2 aromatic rings. The van der Waals surface area contributed by atoms with Gasteiger partial charge < -0.3 is 14.9 Å². The minimum absolute atomic E-state index is 0.0207. The second kappa shape index (κ2) is 4.59. The lowest BCUT2D eigenvalue weighted by molar-refractivity contribution is 0.274. The quantitative estimate of drug-likeness (QED) is 0.842. The minimum atomic E-state index is 0.0207. The molecule has 96 valence electrons. The normalized spacial score (nSPS) is 17.6. The zero-order valence-electron chi connectivity index (χ0n) is 10.6. The van der Waals surface area contributed by atoms with Crippen molar-refractivity contribution in [1.29, 1.82) is 0 Å². The third kappa shape index (κ3) is 1.85. The second-order valence-electron chi connectivity index (χ2n) is 4.76. The predicted octanol–water partition coefficient (Wildman–Crippen LogP) is 0.578. The Morgan fingerprint density at radius 2 is 2.00 bits per heavy atom. The van der Waals surface area contributed by atoms with Gasteiger partial charge in [0.1, 0.15) is 5.65 Å². The first kappa shape index (κ1) is 11.5. The molecule has 5 nitrogen and oxygen atoms in total. The molecule has 0 aromatic carbocycles. The first-order chi connectivity index (χ1) is 8.79. The van der Waals surface area contributed by atoms with Gasteiger partial charge >= 0.3 is 0 Å². The molecule has 0 radical (unpaired) electrons. The minimum Gasteiger partial charge on any atom is -0.390 e. The molecule has 0 aliphatic carbocycles. The lowest BCUT2D eigenvalue weighted by atomic mass is 10.3. The summed E-state index contributed by atoms with van der Waals surface area (Å²) >= 11 is 0. The maximum Gasteiger partial charge on any atom is 0.153 e. The molecule has 0 saturated carbocycles. The summed E-state index contributed by atoms with van der Waals surface area (Å²) in [6, 6.07) is 5.90. The number of fused-ring (bicyclic) bond motifs is 1. The van der Waals surface area contributed by atoms with E-state index in [1.165, 1.54) is 0 Å². The SMILES string of the molecule is CN1CCN(c2nc3ccccn3c2CO)CC1. The molecule has 1 aliphatic heterocycles. The summed E-state index contributed by atoms with van der Waals surface area (Å²) in [6.07, 6.45) is 1.95. The van der Waals surface area contributed by atoms with E-state index in [1.54, 1.807) is 0 Å². The van der Waals surface area contributed by atoms with Gasteiger partial charge in [-0.1, -0.05) is 6.07 Å². The van der Waals surface area contributed by atoms with Crippen LogP contribution in [-0.4, -0.2) is 52.6 Å². The molecular weight excluding hydrogens is 228 g/mol. The molecule has 0 amide bonds. The molecule has 2 aromatic heterocycles. The van der Waals surface area contributed by atoms with Crippen LogP contribution in [0, 0.1) is 0 Å². The molecule has 0 spiro atoms. The molecule has 1 N–H and O–H groups in total. The fraction of sp³-hybridized carbons (Fsp3) is 0.462. The molecule has 0 atom stereocenters. The number of aliphatic hydroxyl groups is 1. The summed E-state index contributed by atoms with van der Waals surface area (Å²) in [5, 5.41) is 9.59. The zero-order chi connectivity index (χ0) is 12.5. The Labute approximate surface area is 106 Å². The van der Waals surface area contributed by atoms with Crippen molar-refractivity contribution in [3.05, 3.63) is 30.1 Å². The van der Waals surface area contributed by atoms with Crippen molar-refractivity contribution >= 4 is 11.5 Å². The monoisotopic (exact) mass is 246 g/mol. The van der Waals surface area contributed by atoms with Crippen LogP contribution in [0.2, 0.25) is 0 Å². The summed E-state index contributed by atoms with van der Waals surface area (Å²) < 4.78 is 1.97. The summed E-state index contributed by atoms with van der Waals surface area (Å²) in [4.78, 5) is 9.22. The smallest absolute Gasteiger partial charge is 0.153 e. The second-order valence-corrected chi connectivity index (χ2v) is 4.76. The van der Waals surface area contributed by atoms with E-state index >= 15 is 0 Å². The number of anilines is 1. The van der Waals surface area contributed by atoms with Crippen molar-refractivity contribution < 1.29 is 5.11 Å². The van der Waals surface area contributed by atoms with Crippen LogP contribution >= 0.6 is 0 Å². The number of likely N-dealkylation sites (N-methyl/N-ethyl adjacent to an activating group) is 1. The van der Waals surface area contributed by atoms with Gasteiger partial charge in [0.05, 0.1) is 12.3 Å².